The Balaban J connectivity index is 2.21. The molecule has 1 aromatic rings. The first kappa shape index (κ1) is 25.9. The van der Waals surface area contributed by atoms with Crippen molar-refractivity contribution in [3.63, 3.8) is 0 Å². The van der Waals surface area contributed by atoms with Crippen LogP contribution in [0, 0.1) is 0 Å². The van der Waals surface area contributed by atoms with E-state index >= 15 is 0 Å². The summed E-state index contributed by atoms with van der Waals surface area (Å²) in [7, 11) is 1.23. The number of benzene rings is 1. The van der Waals surface area contributed by atoms with Crippen molar-refractivity contribution in [1.29, 1.82) is 0 Å². The Morgan fingerprint density at radius 1 is 1.03 bits per heavy atom. The first-order chi connectivity index (χ1) is 15.0. The number of carbonyl (C=O) groups excluding carboxylic acids is 4. The molecule has 0 aromatic heterocycles. The van der Waals surface area contributed by atoms with Gasteiger partial charge >= 0.3 is 18.0 Å². The number of carbonyl (C=O) groups is 4. The predicted octanol–water partition coefficient (Wildman–Crippen LogP) is 1.59. The molecule has 0 aliphatic rings. The van der Waals surface area contributed by atoms with E-state index in [9.17, 15) is 19.2 Å². The highest BCUT2D eigenvalue weighted by atomic mass is 16.6. The van der Waals surface area contributed by atoms with E-state index in [4.69, 9.17) is 14.3 Å². The van der Waals surface area contributed by atoms with Gasteiger partial charge in [0.2, 0.25) is 5.91 Å². The number of esters is 2. The maximum absolute atomic E-state index is 11.9. The normalized spacial score (nSPS) is 11.2. The summed E-state index contributed by atoms with van der Waals surface area (Å²) in [6.45, 7) is 1.86. The molecule has 0 saturated carbocycles. The molecule has 10 nitrogen and oxygen atoms in total. The topological polar surface area (TPSA) is 132 Å². The molecule has 0 saturated heterocycles. The minimum atomic E-state index is -0.852. The van der Waals surface area contributed by atoms with Crippen molar-refractivity contribution < 1.29 is 33.5 Å². The van der Waals surface area contributed by atoms with Crippen molar-refractivity contribution in [2.75, 3.05) is 20.3 Å². The first-order valence-corrected chi connectivity index (χ1v) is 10.2. The predicted molar refractivity (Wildman–Crippen MR) is 111 cm³/mol. The van der Waals surface area contributed by atoms with Crippen LogP contribution in [0.25, 0.3) is 0 Å². The third-order valence-electron chi connectivity index (χ3n) is 4.15. The minimum absolute atomic E-state index is 0.212. The maximum Gasteiger partial charge on any atom is 0.328 e. The van der Waals surface area contributed by atoms with Crippen LogP contribution in [0.1, 0.15) is 44.6 Å². The van der Waals surface area contributed by atoms with Gasteiger partial charge in [0.1, 0.15) is 12.6 Å². The van der Waals surface area contributed by atoms with Crippen molar-refractivity contribution in [3.8, 4) is 0 Å². The molecule has 0 fully saturated rings. The molecule has 3 amide bonds. The molecule has 1 rings (SSSR count). The van der Waals surface area contributed by atoms with E-state index in [0.29, 0.717) is 25.7 Å². The van der Waals surface area contributed by atoms with Gasteiger partial charge in [-0.05, 0) is 25.3 Å². The second-order valence-electron chi connectivity index (χ2n) is 6.61. The molecule has 0 bridgehead atoms. The van der Waals surface area contributed by atoms with Gasteiger partial charge in [0.15, 0.2) is 0 Å². The Morgan fingerprint density at radius 2 is 1.77 bits per heavy atom. The summed E-state index contributed by atoms with van der Waals surface area (Å²) in [5.74, 6) is -1.38. The van der Waals surface area contributed by atoms with Crippen LogP contribution in [-0.2, 0) is 35.3 Å². The Bertz CT molecular complexity index is 697. The lowest BCUT2D eigenvalue weighted by Crippen LogP contribution is -2.47. The van der Waals surface area contributed by atoms with Gasteiger partial charge in [-0.2, -0.15) is 0 Å². The average Bonchev–Trinajstić information content (AvgIpc) is 2.77. The highest BCUT2D eigenvalue weighted by Gasteiger charge is 2.21. The van der Waals surface area contributed by atoms with Crippen molar-refractivity contribution >= 4 is 23.9 Å². The molecule has 0 aliphatic heterocycles. The molecule has 1 aromatic carbocycles. The van der Waals surface area contributed by atoms with Crippen LogP contribution in [0.15, 0.2) is 30.3 Å². The van der Waals surface area contributed by atoms with Gasteiger partial charge in [0, 0.05) is 6.42 Å². The van der Waals surface area contributed by atoms with Gasteiger partial charge in [-0.3, -0.25) is 14.4 Å². The SMILES string of the molecule is CCOC(=O)CNC(=O)NC(CCCCCC(=O)NOCc1ccccc1)C(=O)OC. The first-order valence-electron chi connectivity index (χ1n) is 10.2. The summed E-state index contributed by atoms with van der Waals surface area (Å²) >= 11 is 0. The van der Waals surface area contributed by atoms with Gasteiger partial charge in [-0.25, -0.2) is 15.1 Å². The van der Waals surface area contributed by atoms with E-state index < -0.39 is 24.0 Å². The number of methoxy groups -OCH3 is 1. The quantitative estimate of drug-likeness (QED) is 0.229. The van der Waals surface area contributed by atoms with Crippen LogP contribution >= 0.6 is 0 Å². The van der Waals surface area contributed by atoms with Gasteiger partial charge < -0.3 is 20.1 Å². The van der Waals surface area contributed by atoms with Crippen LogP contribution in [0.4, 0.5) is 4.79 Å². The van der Waals surface area contributed by atoms with E-state index in [1.807, 2.05) is 30.3 Å². The van der Waals surface area contributed by atoms with Crippen LogP contribution in [0.2, 0.25) is 0 Å². The zero-order chi connectivity index (χ0) is 22.9. The van der Waals surface area contributed by atoms with Gasteiger partial charge in [0.25, 0.3) is 0 Å². The third kappa shape index (κ3) is 12.2. The third-order valence-corrected chi connectivity index (χ3v) is 4.15. The summed E-state index contributed by atoms with van der Waals surface area (Å²) in [4.78, 5) is 51.9. The number of rotatable bonds is 14. The second kappa shape index (κ2) is 15.7. The van der Waals surface area contributed by atoms with Crippen LogP contribution in [0.5, 0.6) is 0 Å². The van der Waals surface area contributed by atoms with E-state index in [2.05, 4.69) is 16.1 Å². The molecule has 1 unspecified atom stereocenters. The highest BCUT2D eigenvalue weighted by Crippen LogP contribution is 2.08. The molecule has 0 aliphatic carbocycles. The molecular weight excluding hydrogens is 406 g/mol. The van der Waals surface area contributed by atoms with E-state index in [1.54, 1.807) is 6.92 Å². The number of hydrogen-bond donors (Lipinski definition) is 3. The largest absolute Gasteiger partial charge is 0.467 e. The molecule has 3 N–H and O–H groups in total. The number of unbranched alkanes of at least 4 members (excludes halogenated alkanes) is 2. The van der Waals surface area contributed by atoms with Gasteiger partial charge in [-0.15, -0.1) is 0 Å². The van der Waals surface area contributed by atoms with Crippen LogP contribution in [0.3, 0.4) is 0 Å². The van der Waals surface area contributed by atoms with Gasteiger partial charge in [0.05, 0.1) is 20.3 Å². The number of hydroxylamine groups is 1. The molecule has 10 heteroatoms. The fourth-order valence-electron chi connectivity index (χ4n) is 2.60. The van der Waals surface area contributed by atoms with Crippen molar-refractivity contribution in [2.45, 2.75) is 51.7 Å². The Morgan fingerprint density at radius 3 is 2.45 bits per heavy atom. The summed E-state index contributed by atoms with van der Waals surface area (Å²) in [6.07, 6.45) is 2.49. The molecule has 172 valence electrons. The van der Waals surface area contributed by atoms with Crippen molar-refractivity contribution in [3.05, 3.63) is 35.9 Å². The summed E-state index contributed by atoms with van der Waals surface area (Å²) in [5, 5.41) is 4.80. The van der Waals surface area contributed by atoms with E-state index in [-0.39, 0.29) is 32.1 Å². The zero-order valence-corrected chi connectivity index (χ0v) is 18.0. The number of urea groups is 1. The summed E-state index contributed by atoms with van der Waals surface area (Å²) in [5.41, 5.74) is 3.35. The fraction of sp³-hybridized carbons (Fsp3) is 0.524. The Labute approximate surface area is 181 Å². The number of ether oxygens (including phenoxy) is 2. The molecule has 0 radical (unpaired) electrons. The van der Waals surface area contributed by atoms with Crippen molar-refractivity contribution in [1.82, 2.24) is 16.1 Å². The number of amides is 3. The van der Waals surface area contributed by atoms with Crippen molar-refractivity contribution in [2.24, 2.45) is 0 Å². The smallest absolute Gasteiger partial charge is 0.328 e. The molecular formula is C21H31N3O7. The zero-order valence-electron chi connectivity index (χ0n) is 18.0. The number of hydrogen-bond acceptors (Lipinski definition) is 7. The monoisotopic (exact) mass is 437 g/mol. The molecule has 1 atom stereocenters. The average molecular weight is 437 g/mol. The van der Waals surface area contributed by atoms with E-state index in [0.717, 1.165) is 5.56 Å². The molecule has 31 heavy (non-hydrogen) atoms. The maximum atomic E-state index is 11.9. The Hall–Kier alpha value is -3.14. The van der Waals surface area contributed by atoms with E-state index in [1.165, 1.54) is 7.11 Å². The minimum Gasteiger partial charge on any atom is -0.467 e. The summed E-state index contributed by atoms with van der Waals surface area (Å²) in [6, 6.07) is 7.96. The molecule has 0 heterocycles. The Kier molecular flexibility index (Phi) is 13.1. The fourth-order valence-corrected chi connectivity index (χ4v) is 2.60. The lowest BCUT2D eigenvalue weighted by molar-refractivity contribution is -0.143. The van der Waals surface area contributed by atoms with Gasteiger partial charge in [-0.1, -0.05) is 43.2 Å². The summed E-state index contributed by atoms with van der Waals surface area (Å²) < 4.78 is 9.41. The highest BCUT2D eigenvalue weighted by molar-refractivity contribution is 5.85. The number of nitrogens with one attached hydrogen (secondary N) is 3. The lowest BCUT2D eigenvalue weighted by atomic mass is 10.1. The standard InChI is InChI=1S/C21H31N3O7/c1-3-30-19(26)14-22-21(28)23-17(20(27)29-2)12-8-5-9-13-18(25)24-31-15-16-10-6-4-7-11-16/h4,6-7,10-11,17H,3,5,8-9,12-15H2,1-2H3,(H,24,25)(H2,22,23,28). The second-order valence-corrected chi connectivity index (χ2v) is 6.61. The van der Waals surface area contributed by atoms with Crippen LogP contribution in [-0.4, -0.2) is 50.2 Å². The van der Waals surface area contributed by atoms with Crippen LogP contribution < -0.4 is 16.1 Å². The lowest BCUT2D eigenvalue weighted by Gasteiger charge is -2.16. The molecule has 0 spiro atoms.